The predicted molar refractivity (Wildman–Crippen MR) is 139 cm³/mol. The van der Waals surface area contributed by atoms with Crippen molar-refractivity contribution in [2.24, 2.45) is 16.6 Å². The van der Waals surface area contributed by atoms with Gasteiger partial charge in [-0.05, 0) is 56.4 Å². The van der Waals surface area contributed by atoms with Crippen LogP contribution in [0.3, 0.4) is 0 Å². The van der Waals surface area contributed by atoms with Crippen molar-refractivity contribution in [3.8, 4) is 0 Å². The van der Waals surface area contributed by atoms with Crippen molar-refractivity contribution >= 4 is 17.4 Å². The lowest BCUT2D eigenvalue weighted by atomic mass is 9.93. The lowest BCUT2D eigenvalue weighted by Gasteiger charge is -2.40. The third-order valence-electron chi connectivity index (χ3n) is 7.65. The van der Waals surface area contributed by atoms with Crippen molar-refractivity contribution in [3.05, 3.63) is 59.9 Å². The van der Waals surface area contributed by atoms with E-state index in [0.29, 0.717) is 43.9 Å². The number of amides is 1. The third-order valence-corrected chi connectivity index (χ3v) is 7.65. The largest absolute Gasteiger partial charge is 0.418 e. The highest BCUT2D eigenvalue weighted by atomic mass is 19.4. The lowest BCUT2D eigenvalue weighted by molar-refractivity contribution is -0.137. The number of para-hydroxylation sites is 1. The molecule has 2 fully saturated rings. The Morgan fingerprint density at radius 2 is 1.78 bits per heavy atom. The van der Waals surface area contributed by atoms with Crippen LogP contribution in [0.15, 0.2) is 53.7 Å². The minimum Gasteiger partial charge on any atom is -0.371 e. The van der Waals surface area contributed by atoms with E-state index in [1.54, 1.807) is 31.1 Å². The number of benzene rings is 1. The predicted octanol–water partition coefficient (Wildman–Crippen LogP) is 5.27. The van der Waals surface area contributed by atoms with Crippen LogP contribution >= 0.6 is 0 Å². The number of nitrogens with zero attached hydrogens (tertiary/aromatic N) is 4. The molecule has 0 radical (unpaired) electrons. The summed E-state index contributed by atoms with van der Waals surface area (Å²) < 4.78 is 40.8. The number of anilines is 1. The summed E-state index contributed by atoms with van der Waals surface area (Å²) in [5, 5.41) is 0. The molecule has 2 N–H and O–H groups in total. The maximum absolute atomic E-state index is 13.6. The Labute approximate surface area is 216 Å². The number of likely N-dealkylation sites (tertiary alicyclic amines) is 1. The van der Waals surface area contributed by atoms with E-state index < -0.39 is 23.2 Å². The van der Waals surface area contributed by atoms with Crippen molar-refractivity contribution in [1.82, 2.24) is 9.88 Å². The molecule has 9 heteroatoms. The van der Waals surface area contributed by atoms with Crippen LogP contribution < -0.4 is 10.6 Å². The van der Waals surface area contributed by atoms with Gasteiger partial charge < -0.3 is 15.5 Å². The Balaban J connectivity index is 1.53. The van der Waals surface area contributed by atoms with Crippen molar-refractivity contribution < 1.29 is 18.0 Å². The number of hydrogen-bond donors (Lipinski definition) is 1. The number of carbonyl (C=O) groups is 1. The molecule has 1 atom stereocenters. The third kappa shape index (κ3) is 6.62. The van der Waals surface area contributed by atoms with Gasteiger partial charge in [-0.25, -0.2) is 0 Å². The van der Waals surface area contributed by atoms with E-state index in [1.807, 2.05) is 18.2 Å². The normalized spacial score (nSPS) is 18.9. The van der Waals surface area contributed by atoms with Gasteiger partial charge in [-0.1, -0.05) is 43.9 Å². The van der Waals surface area contributed by atoms with Crippen LogP contribution in [-0.4, -0.2) is 53.3 Å². The van der Waals surface area contributed by atoms with E-state index >= 15 is 0 Å². The number of alkyl halides is 3. The molecule has 1 aromatic carbocycles. The van der Waals surface area contributed by atoms with Gasteiger partial charge >= 0.3 is 6.18 Å². The number of rotatable bonds is 9. The molecular formula is C28H36F3N5O. The molecule has 2 aliphatic rings. The molecule has 4 rings (SSSR count). The average molecular weight is 516 g/mol. The standard InChI is InChI=1S/C28H36F3N5O/c1-27(26(32)37,16-7-8-20-12-13-20)34-25(23-10-5-6-17-33-23)36-18-14-21(15-19-36)35(2)24-11-4-3-9-22(24)28(29,30)31/h3-6,9-11,17,20-21H,7-8,12-16,18-19H2,1-2H3,(H2,32,37). The molecule has 200 valence electrons. The van der Waals surface area contributed by atoms with E-state index in [2.05, 4.69) is 9.88 Å². The molecule has 6 nitrogen and oxygen atoms in total. The van der Waals surface area contributed by atoms with Gasteiger partial charge in [0.2, 0.25) is 5.91 Å². The highest BCUT2D eigenvalue weighted by Gasteiger charge is 2.37. The van der Waals surface area contributed by atoms with Crippen LogP contribution in [-0.2, 0) is 11.0 Å². The SMILES string of the molecule is CN(c1ccccc1C(F)(F)F)C1CCN(C(=NC(C)(CCCC2CC2)C(N)=O)c2ccccn2)CC1. The Hall–Kier alpha value is -3.10. The second kappa shape index (κ2) is 11.1. The zero-order chi connectivity index (χ0) is 26.6. The van der Waals surface area contributed by atoms with Crippen molar-refractivity contribution in [3.63, 3.8) is 0 Å². The second-order valence-electron chi connectivity index (χ2n) is 10.5. The van der Waals surface area contributed by atoms with Gasteiger partial charge in [-0.3, -0.25) is 14.8 Å². The molecule has 37 heavy (non-hydrogen) atoms. The quantitative estimate of drug-likeness (QED) is 0.365. The Morgan fingerprint density at radius 3 is 2.38 bits per heavy atom. The minimum absolute atomic E-state index is 0.0641. The van der Waals surface area contributed by atoms with Crippen molar-refractivity contribution in [1.29, 1.82) is 0 Å². The van der Waals surface area contributed by atoms with Gasteiger partial charge in [0.15, 0.2) is 5.84 Å². The summed E-state index contributed by atoms with van der Waals surface area (Å²) in [6.45, 7) is 2.95. The van der Waals surface area contributed by atoms with Crippen LogP contribution in [0.25, 0.3) is 0 Å². The highest BCUT2D eigenvalue weighted by molar-refractivity contribution is 5.99. The summed E-state index contributed by atoms with van der Waals surface area (Å²) in [4.78, 5) is 25.8. The summed E-state index contributed by atoms with van der Waals surface area (Å²) in [5.41, 5.74) is 5.01. The van der Waals surface area contributed by atoms with Gasteiger partial charge in [0.1, 0.15) is 11.2 Å². The highest BCUT2D eigenvalue weighted by Crippen LogP contribution is 2.38. The molecule has 1 unspecified atom stereocenters. The van der Waals surface area contributed by atoms with Crippen LogP contribution in [0.4, 0.5) is 18.9 Å². The average Bonchev–Trinajstić information content (AvgIpc) is 3.71. The number of aliphatic imine (C=N–C) groups is 1. The van der Waals surface area contributed by atoms with Crippen LogP contribution in [0.2, 0.25) is 0 Å². The van der Waals surface area contributed by atoms with Crippen molar-refractivity contribution in [2.45, 2.75) is 69.6 Å². The van der Waals surface area contributed by atoms with E-state index in [1.165, 1.54) is 25.0 Å². The Kier molecular flexibility index (Phi) is 8.09. The number of pyridine rings is 1. The monoisotopic (exact) mass is 515 g/mol. The van der Waals surface area contributed by atoms with Gasteiger partial charge in [-0.15, -0.1) is 0 Å². The zero-order valence-corrected chi connectivity index (χ0v) is 21.5. The molecule has 1 aromatic heterocycles. The van der Waals surface area contributed by atoms with E-state index in [0.717, 1.165) is 24.8 Å². The van der Waals surface area contributed by atoms with Gasteiger partial charge in [0.25, 0.3) is 0 Å². The molecule has 1 aliphatic heterocycles. The summed E-state index contributed by atoms with van der Waals surface area (Å²) in [7, 11) is 1.72. The number of hydrogen-bond acceptors (Lipinski definition) is 4. The molecule has 1 amide bonds. The molecule has 1 aliphatic carbocycles. The van der Waals surface area contributed by atoms with Crippen LogP contribution in [0, 0.1) is 5.92 Å². The molecule has 0 spiro atoms. The minimum atomic E-state index is -4.41. The van der Waals surface area contributed by atoms with E-state index in [9.17, 15) is 18.0 Å². The molecule has 2 aromatic rings. The van der Waals surface area contributed by atoms with E-state index in [4.69, 9.17) is 10.7 Å². The molecule has 1 saturated heterocycles. The molecule has 1 saturated carbocycles. The van der Waals surface area contributed by atoms with Gasteiger partial charge in [-0.2, -0.15) is 13.2 Å². The van der Waals surface area contributed by atoms with Crippen molar-refractivity contribution in [2.75, 3.05) is 25.0 Å². The Morgan fingerprint density at radius 1 is 1.11 bits per heavy atom. The number of amidine groups is 1. The lowest BCUT2D eigenvalue weighted by Crippen LogP contribution is -2.48. The number of halogens is 3. The zero-order valence-electron chi connectivity index (χ0n) is 21.5. The smallest absolute Gasteiger partial charge is 0.371 e. The summed E-state index contributed by atoms with van der Waals surface area (Å²) in [5.74, 6) is 0.912. The number of nitrogens with two attached hydrogens (primary N) is 1. The Bertz CT molecular complexity index is 1090. The van der Waals surface area contributed by atoms with Crippen LogP contribution in [0.1, 0.15) is 63.1 Å². The fourth-order valence-electron chi connectivity index (χ4n) is 5.08. The number of carbonyl (C=O) groups excluding carboxylic acids is 1. The van der Waals surface area contributed by atoms with Gasteiger partial charge in [0, 0.05) is 38.1 Å². The summed E-state index contributed by atoms with van der Waals surface area (Å²) >= 11 is 0. The topological polar surface area (TPSA) is 74.8 Å². The number of primary amides is 1. The second-order valence-corrected chi connectivity index (χ2v) is 10.5. The first kappa shape index (κ1) is 26.9. The fraction of sp³-hybridized carbons (Fsp3) is 0.536. The van der Waals surface area contributed by atoms with Gasteiger partial charge in [0.05, 0.1) is 5.56 Å². The first-order valence-corrected chi connectivity index (χ1v) is 13.0. The number of aromatic nitrogens is 1. The maximum atomic E-state index is 13.6. The summed E-state index contributed by atoms with van der Waals surface area (Å²) in [6, 6.07) is 11.2. The molecule has 2 heterocycles. The first-order valence-electron chi connectivity index (χ1n) is 13.0. The molecular weight excluding hydrogens is 479 g/mol. The van der Waals surface area contributed by atoms with E-state index in [-0.39, 0.29) is 11.7 Å². The first-order chi connectivity index (χ1) is 17.6. The number of piperidine rings is 1. The molecule has 0 bridgehead atoms. The maximum Gasteiger partial charge on any atom is 0.418 e. The fourth-order valence-corrected chi connectivity index (χ4v) is 5.08. The summed E-state index contributed by atoms with van der Waals surface area (Å²) in [6.07, 6.45) is 3.61. The van der Waals surface area contributed by atoms with Crippen LogP contribution in [0.5, 0.6) is 0 Å².